The Morgan fingerprint density at radius 2 is 1.95 bits per heavy atom. The summed E-state index contributed by atoms with van der Waals surface area (Å²) in [6.45, 7) is 7.35. The summed E-state index contributed by atoms with van der Waals surface area (Å²) in [5.74, 6) is 0.115. The number of ether oxygens (including phenoxy) is 1. The predicted molar refractivity (Wildman–Crippen MR) is 79.5 cm³/mol. The van der Waals surface area contributed by atoms with E-state index < -0.39 is 24.5 Å². The zero-order chi connectivity index (χ0) is 16.7. The fraction of sp³-hybridized carbons (Fsp3) is 0.533. The summed E-state index contributed by atoms with van der Waals surface area (Å²) in [4.78, 5) is 34.7. The maximum Gasteiger partial charge on any atom is 0.342 e. The SMILES string of the molecule is Cc1cc(C(=O)OCC(=O)NC(=O)NCCC(C)C)c(C)o1. The smallest absolute Gasteiger partial charge is 0.342 e. The second kappa shape index (κ2) is 8.21. The maximum absolute atomic E-state index is 11.8. The summed E-state index contributed by atoms with van der Waals surface area (Å²) in [5.41, 5.74) is 0.270. The monoisotopic (exact) mass is 310 g/mol. The molecule has 0 aliphatic rings. The van der Waals surface area contributed by atoms with Gasteiger partial charge in [0.1, 0.15) is 17.1 Å². The van der Waals surface area contributed by atoms with Crippen LogP contribution in [-0.2, 0) is 9.53 Å². The van der Waals surface area contributed by atoms with Crippen molar-refractivity contribution in [2.45, 2.75) is 34.1 Å². The molecule has 1 aromatic heterocycles. The molecule has 122 valence electrons. The van der Waals surface area contributed by atoms with Crippen LogP contribution < -0.4 is 10.6 Å². The molecule has 3 amide bonds. The quantitative estimate of drug-likeness (QED) is 0.782. The van der Waals surface area contributed by atoms with Gasteiger partial charge in [-0.3, -0.25) is 10.1 Å². The lowest BCUT2D eigenvalue weighted by Gasteiger charge is -2.08. The number of nitrogens with one attached hydrogen (secondary N) is 2. The van der Waals surface area contributed by atoms with Gasteiger partial charge in [-0.1, -0.05) is 13.8 Å². The molecule has 2 N–H and O–H groups in total. The van der Waals surface area contributed by atoms with E-state index in [0.29, 0.717) is 24.0 Å². The van der Waals surface area contributed by atoms with Crippen LogP contribution in [0.1, 0.15) is 42.1 Å². The molecule has 22 heavy (non-hydrogen) atoms. The maximum atomic E-state index is 11.8. The van der Waals surface area contributed by atoms with Crippen molar-refractivity contribution in [3.8, 4) is 0 Å². The van der Waals surface area contributed by atoms with Crippen molar-refractivity contribution in [2.75, 3.05) is 13.2 Å². The van der Waals surface area contributed by atoms with E-state index in [1.807, 2.05) is 13.8 Å². The Morgan fingerprint density at radius 1 is 1.27 bits per heavy atom. The highest BCUT2D eigenvalue weighted by atomic mass is 16.5. The molecule has 0 unspecified atom stereocenters. The van der Waals surface area contributed by atoms with Gasteiger partial charge in [-0.2, -0.15) is 0 Å². The van der Waals surface area contributed by atoms with E-state index in [4.69, 9.17) is 9.15 Å². The molecule has 0 saturated heterocycles. The predicted octanol–water partition coefficient (Wildman–Crippen LogP) is 1.93. The van der Waals surface area contributed by atoms with Gasteiger partial charge in [0.05, 0.1) is 0 Å². The Kier molecular flexibility index (Phi) is 6.62. The van der Waals surface area contributed by atoms with Crippen molar-refractivity contribution < 1.29 is 23.5 Å². The van der Waals surface area contributed by atoms with Gasteiger partial charge < -0.3 is 14.5 Å². The fourth-order valence-corrected chi connectivity index (χ4v) is 1.72. The van der Waals surface area contributed by atoms with Crippen LogP contribution in [0.2, 0.25) is 0 Å². The summed E-state index contributed by atoms with van der Waals surface area (Å²) < 4.78 is 10.0. The zero-order valence-electron chi connectivity index (χ0n) is 13.3. The van der Waals surface area contributed by atoms with Gasteiger partial charge in [-0.15, -0.1) is 0 Å². The minimum Gasteiger partial charge on any atom is -0.466 e. The summed E-state index contributed by atoms with van der Waals surface area (Å²) in [6, 6.07) is 0.936. The number of amides is 3. The van der Waals surface area contributed by atoms with E-state index in [2.05, 4.69) is 10.6 Å². The van der Waals surface area contributed by atoms with Crippen LogP contribution in [-0.4, -0.2) is 31.1 Å². The van der Waals surface area contributed by atoms with Gasteiger partial charge in [-0.05, 0) is 32.3 Å². The molecular weight excluding hydrogens is 288 g/mol. The largest absolute Gasteiger partial charge is 0.466 e. The van der Waals surface area contributed by atoms with E-state index in [9.17, 15) is 14.4 Å². The first kappa shape index (κ1) is 17.7. The number of aryl methyl sites for hydroxylation is 2. The first-order valence-corrected chi connectivity index (χ1v) is 7.11. The molecule has 0 aliphatic heterocycles. The van der Waals surface area contributed by atoms with Crippen LogP contribution in [0, 0.1) is 19.8 Å². The third-order valence-electron chi connectivity index (χ3n) is 2.86. The van der Waals surface area contributed by atoms with Gasteiger partial charge in [0.2, 0.25) is 0 Å². The molecule has 0 spiro atoms. The molecule has 1 heterocycles. The number of hydrogen-bond donors (Lipinski definition) is 2. The van der Waals surface area contributed by atoms with Crippen molar-refractivity contribution in [3.63, 3.8) is 0 Å². The number of esters is 1. The Balaban J connectivity index is 2.32. The van der Waals surface area contributed by atoms with Gasteiger partial charge in [0, 0.05) is 6.54 Å². The molecule has 7 nitrogen and oxygen atoms in total. The highest BCUT2D eigenvalue weighted by molar-refractivity contribution is 5.97. The molecule has 7 heteroatoms. The Hall–Kier alpha value is -2.31. The minimum atomic E-state index is -0.687. The van der Waals surface area contributed by atoms with Crippen LogP contribution in [0.4, 0.5) is 4.79 Å². The fourth-order valence-electron chi connectivity index (χ4n) is 1.72. The molecule has 1 rings (SSSR count). The average Bonchev–Trinajstić information content (AvgIpc) is 2.74. The Labute approximate surface area is 129 Å². The summed E-state index contributed by atoms with van der Waals surface area (Å²) >= 11 is 0. The van der Waals surface area contributed by atoms with E-state index in [1.54, 1.807) is 13.8 Å². The van der Waals surface area contributed by atoms with Crippen molar-refractivity contribution in [1.82, 2.24) is 10.6 Å². The lowest BCUT2D eigenvalue weighted by molar-refractivity contribution is -0.123. The van der Waals surface area contributed by atoms with Crippen molar-refractivity contribution in [1.29, 1.82) is 0 Å². The number of urea groups is 1. The first-order valence-electron chi connectivity index (χ1n) is 7.11. The number of imide groups is 1. The second-order valence-corrected chi connectivity index (χ2v) is 5.39. The standard InChI is InChI=1S/C15H22N2O5/c1-9(2)5-6-16-15(20)17-13(18)8-21-14(19)12-7-10(3)22-11(12)4/h7,9H,5-6,8H2,1-4H3,(H2,16,17,18,20). The zero-order valence-corrected chi connectivity index (χ0v) is 13.3. The average molecular weight is 310 g/mol. The molecule has 0 bridgehead atoms. The molecule has 0 aromatic carbocycles. The van der Waals surface area contributed by atoms with Gasteiger partial charge in [0.25, 0.3) is 5.91 Å². The first-order chi connectivity index (χ1) is 10.3. The normalized spacial score (nSPS) is 10.4. The molecule has 1 aromatic rings. The molecule has 0 aliphatic carbocycles. The molecular formula is C15H22N2O5. The second-order valence-electron chi connectivity index (χ2n) is 5.39. The van der Waals surface area contributed by atoms with Crippen LogP contribution in [0.15, 0.2) is 10.5 Å². The van der Waals surface area contributed by atoms with E-state index in [0.717, 1.165) is 6.42 Å². The third kappa shape index (κ3) is 5.99. The van der Waals surface area contributed by atoms with Crippen molar-refractivity contribution >= 4 is 17.9 Å². The number of hydrogen-bond acceptors (Lipinski definition) is 5. The Bertz CT molecular complexity index is 548. The minimum absolute atomic E-state index is 0.270. The van der Waals surface area contributed by atoms with Gasteiger partial charge >= 0.3 is 12.0 Å². The summed E-state index contributed by atoms with van der Waals surface area (Å²) in [7, 11) is 0. The summed E-state index contributed by atoms with van der Waals surface area (Å²) in [6.07, 6.45) is 0.815. The van der Waals surface area contributed by atoms with E-state index in [1.165, 1.54) is 6.07 Å². The number of carbonyl (C=O) groups excluding carboxylic acids is 3. The number of rotatable bonds is 6. The highest BCUT2D eigenvalue weighted by Gasteiger charge is 2.17. The topological polar surface area (TPSA) is 97.6 Å². The Morgan fingerprint density at radius 3 is 2.50 bits per heavy atom. The van der Waals surface area contributed by atoms with Crippen molar-refractivity contribution in [3.05, 3.63) is 23.2 Å². The van der Waals surface area contributed by atoms with Gasteiger partial charge in [0.15, 0.2) is 6.61 Å². The lowest BCUT2D eigenvalue weighted by Crippen LogP contribution is -2.42. The lowest BCUT2D eigenvalue weighted by atomic mass is 10.1. The van der Waals surface area contributed by atoms with Crippen LogP contribution in [0.3, 0.4) is 0 Å². The van der Waals surface area contributed by atoms with Crippen LogP contribution >= 0.6 is 0 Å². The highest BCUT2D eigenvalue weighted by Crippen LogP contribution is 2.14. The molecule has 0 fully saturated rings. The van der Waals surface area contributed by atoms with Gasteiger partial charge in [-0.25, -0.2) is 9.59 Å². The molecule has 0 atom stereocenters. The van der Waals surface area contributed by atoms with E-state index in [-0.39, 0.29) is 5.56 Å². The molecule has 0 saturated carbocycles. The van der Waals surface area contributed by atoms with Crippen LogP contribution in [0.25, 0.3) is 0 Å². The number of carbonyl (C=O) groups is 3. The number of furan rings is 1. The molecule has 0 radical (unpaired) electrons. The van der Waals surface area contributed by atoms with E-state index >= 15 is 0 Å². The third-order valence-corrected chi connectivity index (χ3v) is 2.86. The summed E-state index contributed by atoms with van der Waals surface area (Å²) in [5, 5.41) is 4.64. The van der Waals surface area contributed by atoms with Crippen molar-refractivity contribution in [2.24, 2.45) is 5.92 Å². The van der Waals surface area contributed by atoms with Crippen LogP contribution in [0.5, 0.6) is 0 Å².